The van der Waals surface area contributed by atoms with Gasteiger partial charge in [0.25, 0.3) is 0 Å². The highest BCUT2D eigenvalue weighted by Gasteiger charge is 2.27. The first-order valence-electron chi connectivity index (χ1n) is 7.06. The quantitative estimate of drug-likeness (QED) is 0.861. The Hall–Kier alpha value is -1.03. The molecule has 21 heavy (non-hydrogen) atoms. The molecule has 5 heteroatoms. The number of carbonyl (C=O) groups is 1. The van der Waals surface area contributed by atoms with Crippen molar-refractivity contribution in [2.45, 2.75) is 25.8 Å². The van der Waals surface area contributed by atoms with E-state index in [-0.39, 0.29) is 24.5 Å². The Kier molecular flexibility index (Phi) is 5.68. The van der Waals surface area contributed by atoms with Gasteiger partial charge in [-0.25, -0.2) is 0 Å². The number of nitrogens with zero attached hydrogens (tertiary/aromatic N) is 1. The summed E-state index contributed by atoms with van der Waals surface area (Å²) in [7, 11) is 0. The van der Waals surface area contributed by atoms with Crippen LogP contribution in [0.25, 0.3) is 6.08 Å². The van der Waals surface area contributed by atoms with E-state index in [0.29, 0.717) is 16.6 Å². The van der Waals surface area contributed by atoms with Crippen LogP contribution in [-0.2, 0) is 4.79 Å². The van der Waals surface area contributed by atoms with Crippen LogP contribution in [0, 0.1) is 5.92 Å². The Morgan fingerprint density at radius 1 is 1.43 bits per heavy atom. The molecule has 1 fully saturated rings. The summed E-state index contributed by atoms with van der Waals surface area (Å²) in [5.41, 5.74) is 0.723. The number of aliphatic hydroxyl groups is 1. The van der Waals surface area contributed by atoms with Crippen LogP contribution >= 0.6 is 23.2 Å². The third-order valence-electron chi connectivity index (χ3n) is 3.91. The fourth-order valence-electron chi connectivity index (χ4n) is 2.54. The summed E-state index contributed by atoms with van der Waals surface area (Å²) in [6.07, 6.45) is 5.09. The van der Waals surface area contributed by atoms with Gasteiger partial charge in [0.1, 0.15) is 0 Å². The molecule has 0 aromatic heterocycles. The van der Waals surface area contributed by atoms with E-state index in [1.807, 2.05) is 13.0 Å². The molecule has 3 nitrogen and oxygen atoms in total. The monoisotopic (exact) mass is 327 g/mol. The van der Waals surface area contributed by atoms with Gasteiger partial charge < -0.3 is 10.0 Å². The summed E-state index contributed by atoms with van der Waals surface area (Å²) < 4.78 is 0. The fraction of sp³-hybridized carbons (Fsp3) is 0.438. The van der Waals surface area contributed by atoms with Crippen molar-refractivity contribution in [3.05, 3.63) is 39.9 Å². The van der Waals surface area contributed by atoms with E-state index in [9.17, 15) is 9.90 Å². The lowest BCUT2D eigenvalue weighted by atomic mass is 9.94. The van der Waals surface area contributed by atoms with Crippen molar-refractivity contribution in [2.75, 3.05) is 13.2 Å². The second-order valence-corrected chi connectivity index (χ2v) is 6.23. The predicted molar refractivity (Wildman–Crippen MR) is 86.5 cm³/mol. The fourth-order valence-corrected chi connectivity index (χ4v) is 2.92. The zero-order chi connectivity index (χ0) is 15.4. The molecule has 1 heterocycles. The van der Waals surface area contributed by atoms with Crippen LogP contribution in [0.15, 0.2) is 24.3 Å². The number of rotatable bonds is 3. The topological polar surface area (TPSA) is 40.5 Å². The molecule has 1 aromatic rings. The molecule has 0 spiro atoms. The number of halogens is 2. The minimum atomic E-state index is -0.0586. The second kappa shape index (κ2) is 7.30. The van der Waals surface area contributed by atoms with Crippen LogP contribution in [0.3, 0.4) is 0 Å². The number of benzene rings is 1. The van der Waals surface area contributed by atoms with Crippen LogP contribution in [0.5, 0.6) is 0 Å². The van der Waals surface area contributed by atoms with Gasteiger partial charge in [-0.1, -0.05) is 35.3 Å². The first-order chi connectivity index (χ1) is 10.0. The van der Waals surface area contributed by atoms with E-state index in [1.165, 1.54) is 6.08 Å². The number of amides is 1. The molecule has 0 aliphatic carbocycles. The molecule has 0 radical (unpaired) electrons. The molecule has 1 saturated heterocycles. The summed E-state index contributed by atoms with van der Waals surface area (Å²) in [4.78, 5) is 14.1. The normalized spacial score (nSPS) is 22.8. The molecule has 2 rings (SSSR count). The highest BCUT2D eigenvalue weighted by molar-refractivity contribution is 6.42. The Labute approximate surface area is 135 Å². The average molecular weight is 328 g/mol. The van der Waals surface area contributed by atoms with Crippen LogP contribution in [0.1, 0.15) is 25.3 Å². The maximum Gasteiger partial charge on any atom is 0.246 e. The molecule has 2 atom stereocenters. The predicted octanol–water partition coefficient (Wildman–Crippen LogP) is 3.63. The Balaban J connectivity index is 2.09. The molecule has 1 N–H and O–H groups in total. The zero-order valence-corrected chi connectivity index (χ0v) is 13.4. The van der Waals surface area contributed by atoms with Gasteiger partial charge in [-0.05, 0) is 43.4 Å². The Bertz CT molecular complexity index is 545. The smallest absolute Gasteiger partial charge is 0.246 e. The number of carbonyl (C=O) groups excluding carboxylic acids is 1. The summed E-state index contributed by atoms with van der Waals surface area (Å²) in [6, 6.07) is 5.51. The van der Waals surface area contributed by atoms with Crippen molar-refractivity contribution in [2.24, 2.45) is 5.92 Å². The Morgan fingerprint density at radius 2 is 2.19 bits per heavy atom. The van der Waals surface area contributed by atoms with E-state index in [0.717, 1.165) is 18.4 Å². The molecule has 2 unspecified atom stereocenters. The van der Waals surface area contributed by atoms with Gasteiger partial charge in [-0.3, -0.25) is 4.79 Å². The molecule has 114 valence electrons. The van der Waals surface area contributed by atoms with E-state index in [2.05, 4.69) is 0 Å². The third-order valence-corrected chi connectivity index (χ3v) is 4.74. The molecular weight excluding hydrogens is 309 g/mol. The summed E-state index contributed by atoms with van der Waals surface area (Å²) in [6.45, 7) is 2.76. The zero-order valence-electron chi connectivity index (χ0n) is 11.9. The van der Waals surface area contributed by atoms with E-state index in [1.54, 1.807) is 23.1 Å². The molecule has 0 saturated carbocycles. The van der Waals surface area contributed by atoms with E-state index >= 15 is 0 Å². The van der Waals surface area contributed by atoms with Gasteiger partial charge in [-0.2, -0.15) is 0 Å². The Morgan fingerprint density at radius 3 is 2.90 bits per heavy atom. The lowest BCUT2D eigenvalue weighted by Crippen LogP contribution is -2.45. The van der Waals surface area contributed by atoms with Crippen LogP contribution in [0.4, 0.5) is 0 Å². The molecule has 1 aliphatic rings. The van der Waals surface area contributed by atoms with Crippen molar-refractivity contribution in [3.63, 3.8) is 0 Å². The first kappa shape index (κ1) is 16.3. The summed E-state index contributed by atoms with van der Waals surface area (Å²) >= 11 is 12.0. The van der Waals surface area contributed by atoms with Crippen molar-refractivity contribution < 1.29 is 9.90 Å². The van der Waals surface area contributed by atoms with Crippen molar-refractivity contribution in [3.8, 4) is 0 Å². The second-order valence-electron chi connectivity index (χ2n) is 5.44. The molecule has 1 amide bonds. The minimum Gasteiger partial charge on any atom is -0.396 e. The summed E-state index contributed by atoms with van der Waals surface area (Å²) in [5, 5.41) is 10.2. The minimum absolute atomic E-state index is 0.0586. The van der Waals surface area contributed by atoms with Gasteiger partial charge in [-0.15, -0.1) is 0 Å². The standard InChI is InChI=1S/C16H19Cl2NO2/c1-11-5-6-12(10-20)9-19(11)15(21)8-7-13-3-2-4-14(17)16(13)18/h2-4,7-8,11-12,20H,5-6,9-10H2,1H3/b8-7+. The lowest BCUT2D eigenvalue weighted by Gasteiger charge is -2.36. The summed E-state index contributed by atoms with van der Waals surface area (Å²) in [5.74, 6) is 0.116. The number of hydrogen-bond donors (Lipinski definition) is 1. The van der Waals surface area contributed by atoms with Gasteiger partial charge in [0, 0.05) is 25.3 Å². The van der Waals surface area contributed by atoms with Gasteiger partial charge in [0.15, 0.2) is 0 Å². The van der Waals surface area contributed by atoms with Gasteiger partial charge in [0.05, 0.1) is 10.0 Å². The van der Waals surface area contributed by atoms with Crippen molar-refractivity contribution in [1.29, 1.82) is 0 Å². The van der Waals surface area contributed by atoms with E-state index in [4.69, 9.17) is 23.2 Å². The SMILES string of the molecule is CC1CCC(CO)CN1C(=O)/C=C/c1cccc(Cl)c1Cl. The number of likely N-dealkylation sites (tertiary alicyclic amines) is 1. The molecule has 1 aromatic carbocycles. The molecular formula is C16H19Cl2NO2. The van der Waals surface area contributed by atoms with Crippen LogP contribution < -0.4 is 0 Å². The number of piperidine rings is 1. The van der Waals surface area contributed by atoms with E-state index < -0.39 is 0 Å². The first-order valence-corrected chi connectivity index (χ1v) is 7.82. The number of hydrogen-bond acceptors (Lipinski definition) is 2. The third kappa shape index (κ3) is 4.00. The highest BCUT2D eigenvalue weighted by atomic mass is 35.5. The molecule has 0 bridgehead atoms. The van der Waals surface area contributed by atoms with Crippen molar-refractivity contribution >= 4 is 35.2 Å². The average Bonchev–Trinajstić information content (AvgIpc) is 2.49. The largest absolute Gasteiger partial charge is 0.396 e. The van der Waals surface area contributed by atoms with Crippen LogP contribution in [0.2, 0.25) is 10.0 Å². The van der Waals surface area contributed by atoms with Gasteiger partial charge >= 0.3 is 0 Å². The highest BCUT2D eigenvalue weighted by Crippen LogP contribution is 2.27. The maximum absolute atomic E-state index is 12.3. The maximum atomic E-state index is 12.3. The van der Waals surface area contributed by atoms with Crippen molar-refractivity contribution in [1.82, 2.24) is 4.90 Å². The molecule has 1 aliphatic heterocycles. The van der Waals surface area contributed by atoms with Crippen LogP contribution in [-0.4, -0.2) is 35.1 Å². The lowest BCUT2D eigenvalue weighted by molar-refractivity contribution is -0.130. The van der Waals surface area contributed by atoms with Gasteiger partial charge in [0.2, 0.25) is 5.91 Å². The number of aliphatic hydroxyl groups excluding tert-OH is 1.